The Morgan fingerprint density at radius 1 is 1.20 bits per heavy atom. The van der Waals surface area contributed by atoms with Crippen molar-refractivity contribution in [1.82, 2.24) is 4.90 Å². The van der Waals surface area contributed by atoms with E-state index in [2.05, 4.69) is 20.8 Å². The topological polar surface area (TPSA) is 63.4 Å². The number of benzene rings is 1. The molecule has 1 atom stereocenters. The highest BCUT2D eigenvalue weighted by Gasteiger charge is 2.35. The number of carbonyl (C=O) groups is 2. The zero-order valence-electron chi connectivity index (χ0n) is 15.9. The van der Waals surface area contributed by atoms with Crippen LogP contribution in [0.25, 0.3) is 0 Å². The van der Waals surface area contributed by atoms with Crippen LogP contribution in [-0.2, 0) is 11.2 Å². The Morgan fingerprint density at radius 2 is 1.88 bits per heavy atom. The van der Waals surface area contributed by atoms with Gasteiger partial charge < -0.3 is 10.6 Å². The SMILES string of the molecule is CCCCc1ccc(C(=O)CCC(=O)N2CCC(N)C(C)(C)C2)cc1. The fourth-order valence-electron chi connectivity index (χ4n) is 3.35. The first-order chi connectivity index (χ1) is 11.8. The molecule has 2 rings (SSSR count). The number of aryl methyl sites for hydroxylation is 1. The number of nitrogens with two attached hydrogens (primary N) is 1. The fraction of sp³-hybridized carbons (Fsp3) is 0.619. The summed E-state index contributed by atoms with van der Waals surface area (Å²) in [4.78, 5) is 26.6. The molecule has 138 valence electrons. The molecule has 2 N–H and O–H groups in total. The number of Topliss-reactive ketones (excluding diaryl/α,β-unsaturated/α-hetero) is 1. The van der Waals surface area contributed by atoms with Gasteiger partial charge in [-0.2, -0.15) is 0 Å². The molecule has 1 aromatic rings. The van der Waals surface area contributed by atoms with E-state index in [1.807, 2.05) is 29.2 Å². The van der Waals surface area contributed by atoms with Gasteiger partial charge in [0.15, 0.2) is 5.78 Å². The molecule has 1 aromatic carbocycles. The molecule has 0 aromatic heterocycles. The molecule has 0 spiro atoms. The first kappa shape index (κ1) is 19.6. The predicted octanol–water partition coefficient (Wildman–Crippen LogP) is 3.58. The van der Waals surface area contributed by atoms with Crippen molar-refractivity contribution in [3.63, 3.8) is 0 Å². The van der Waals surface area contributed by atoms with Gasteiger partial charge >= 0.3 is 0 Å². The second kappa shape index (κ2) is 8.61. The molecule has 0 bridgehead atoms. The minimum Gasteiger partial charge on any atom is -0.342 e. The highest BCUT2D eigenvalue weighted by Crippen LogP contribution is 2.28. The fourth-order valence-corrected chi connectivity index (χ4v) is 3.35. The summed E-state index contributed by atoms with van der Waals surface area (Å²) in [6.07, 6.45) is 4.76. The largest absolute Gasteiger partial charge is 0.342 e. The number of nitrogens with zero attached hydrogens (tertiary/aromatic N) is 1. The molecule has 1 unspecified atom stereocenters. The zero-order chi connectivity index (χ0) is 18.4. The third-order valence-electron chi connectivity index (χ3n) is 5.33. The summed E-state index contributed by atoms with van der Waals surface area (Å²) in [5, 5.41) is 0. The van der Waals surface area contributed by atoms with Crippen LogP contribution >= 0.6 is 0 Å². The van der Waals surface area contributed by atoms with Crippen LogP contribution in [0.3, 0.4) is 0 Å². The van der Waals surface area contributed by atoms with Crippen molar-refractivity contribution < 1.29 is 9.59 Å². The normalized spacial score (nSPS) is 19.7. The Balaban J connectivity index is 1.84. The summed E-state index contributed by atoms with van der Waals surface area (Å²) in [5.41, 5.74) is 8.03. The van der Waals surface area contributed by atoms with E-state index in [1.165, 1.54) is 12.0 Å². The van der Waals surface area contributed by atoms with E-state index in [9.17, 15) is 9.59 Å². The molecule has 1 aliphatic rings. The van der Waals surface area contributed by atoms with E-state index >= 15 is 0 Å². The van der Waals surface area contributed by atoms with Crippen molar-refractivity contribution in [2.75, 3.05) is 13.1 Å². The van der Waals surface area contributed by atoms with Crippen molar-refractivity contribution in [1.29, 1.82) is 0 Å². The quantitative estimate of drug-likeness (QED) is 0.769. The first-order valence-electron chi connectivity index (χ1n) is 9.49. The van der Waals surface area contributed by atoms with Crippen molar-refractivity contribution in [2.24, 2.45) is 11.1 Å². The summed E-state index contributed by atoms with van der Waals surface area (Å²) in [6, 6.07) is 7.96. The van der Waals surface area contributed by atoms with Gasteiger partial charge in [0.1, 0.15) is 0 Å². The average molecular weight is 344 g/mol. The molecule has 1 heterocycles. The zero-order valence-corrected chi connectivity index (χ0v) is 15.9. The lowest BCUT2D eigenvalue weighted by Crippen LogP contribution is -2.54. The van der Waals surface area contributed by atoms with Crippen molar-refractivity contribution in [3.8, 4) is 0 Å². The predicted molar refractivity (Wildman–Crippen MR) is 102 cm³/mol. The van der Waals surface area contributed by atoms with Gasteiger partial charge in [-0.1, -0.05) is 51.5 Å². The van der Waals surface area contributed by atoms with Crippen LogP contribution in [0.15, 0.2) is 24.3 Å². The van der Waals surface area contributed by atoms with Crippen molar-refractivity contribution in [3.05, 3.63) is 35.4 Å². The van der Waals surface area contributed by atoms with E-state index in [0.29, 0.717) is 18.7 Å². The van der Waals surface area contributed by atoms with Gasteiger partial charge in [0.2, 0.25) is 5.91 Å². The molecular formula is C21H32N2O2. The molecule has 4 nitrogen and oxygen atoms in total. The molecule has 0 radical (unpaired) electrons. The molecule has 1 amide bonds. The number of hydrogen-bond acceptors (Lipinski definition) is 3. The molecule has 25 heavy (non-hydrogen) atoms. The van der Waals surface area contributed by atoms with E-state index in [-0.39, 0.29) is 36.0 Å². The molecule has 0 saturated carbocycles. The Kier molecular flexibility index (Phi) is 6.77. The summed E-state index contributed by atoms with van der Waals surface area (Å²) >= 11 is 0. The van der Waals surface area contributed by atoms with Gasteiger partial charge in [-0.05, 0) is 30.2 Å². The van der Waals surface area contributed by atoms with Crippen LogP contribution in [0.5, 0.6) is 0 Å². The lowest BCUT2D eigenvalue weighted by Gasteiger charge is -2.42. The van der Waals surface area contributed by atoms with Crippen LogP contribution in [0.2, 0.25) is 0 Å². The summed E-state index contributed by atoms with van der Waals surface area (Å²) in [5.74, 6) is 0.108. The smallest absolute Gasteiger partial charge is 0.223 e. The van der Waals surface area contributed by atoms with Gasteiger partial charge in [-0.25, -0.2) is 0 Å². The molecule has 1 aliphatic heterocycles. The monoisotopic (exact) mass is 344 g/mol. The number of amides is 1. The van der Waals surface area contributed by atoms with Crippen molar-refractivity contribution in [2.45, 2.75) is 65.3 Å². The third kappa shape index (κ3) is 5.40. The lowest BCUT2D eigenvalue weighted by atomic mass is 9.79. The summed E-state index contributed by atoms with van der Waals surface area (Å²) in [7, 11) is 0. The molecule has 1 saturated heterocycles. The number of piperidine rings is 1. The first-order valence-corrected chi connectivity index (χ1v) is 9.49. The van der Waals surface area contributed by atoms with Gasteiger partial charge in [-0.15, -0.1) is 0 Å². The van der Waals surface area contributed by atoms with Crippen LogP contribution in [0.4, 0.5) is 0 Å². The number of likely N-dealkylation sites (tertiary alicyclic amines) is 1. The van der Waals surface area contributed by atoms with Crippen LogP contribution in [0.1, 0.15) is 68.8 Å². The number of hydrogen-bond donors (Lipinski definition) is 1. The van der Waals surface area contributed by atoms with Crippen molar-refractivity contribution >= 4 is 11.7 Å². The average Bonchev–Trinajstić information content (AvgIpc) is 2.60. The molecule has 0 aliphatic carbocycles. The lowest BCUT2D eigenvalue weighted by molar-refractivity contribution is -0.134. The Morgan fingerprint density at radius 3 is 2.48 bits per heavy atom. The standard InChI is InChI=1S/C21H32N2O2/c1-4-5-6-16-7-9-17(10-8-16)18(24)11-12-20(25)23-14-13-19(22)21(2,3)15-23/h7-10,19H,4-6,11-15,22H2,1-3H3. The molecule has 4 heteroatoms. The van der Waals surface area contributed by atoms with E-state index in [0.717, 1.165) is 19.3 Å². The van der Waals surface area contributed by atoms with E-state index in [4.69, 9.17) is 5.73 Å². The summed E-state index contributed by atoms with van der Waals surface area (Å²) in [6.45, 7) is 7.74. The minimum absolute atomic E-state index is 0.0448. The van der Waals surface area contributed by atoms with E-state index < -0.39 is 0 Å². The number of unbranched alkanes of at least 4 members (excludes halogenated alkanes) is 1. The molecular weight excluding hydrogens is 312 g/mol. The third-order valence-corrected chi connectivity index (χ3v) is 5.33. The number of rotatable bonds is 7. The van der Waals surface area contributed by atoms with Gasteiger partial charge in [0, 0.05) is 37.5 Å². The van der Waals surface area contributed by atoms with E-state index in [1.54, 1.807) is 0 Å². The second-order valence-corrected chi connectivity index (χ2v) is 7.92. The van der Waals surface area contributed by atoms with Crippen LogP contribution in [0, 0.1) is 5.41 Å². The van der Waals surface area contributed by atoms with Gasteiger partial charge in [-0.3, -0.25) is 9.59 Å². The molecule has 1 fully saturated rings. The minimum atomic E-state index is -0.0633. The highest BCUT2D eigenvalue weighted by molar-refractivity contribution is 5.98. The Bertz CT molecular complexity index is 592. The van der Waals surface area contributed by atoms with Crippen LogP contribution < -0.4 is 5.73 Å². The maximum Gasteiger partial charge on any atom is 0.223 e. The number of carbonyl (C=O) groups excluding carboxylic acids is 2. The van der Waals surface area contributed by atoms with Crippen LogP contribution in [-0.4, -0.2) is 35.7 Å². The highest BCUT2D eigenvalue weighted by atomic mass is 16.2. The Labute approximate surface area is 151 Å². The van der Waals surface area contributed by atoms with Gasteiger partial charge in [0.05, 0.1) is 0 Å². The second-order valence-electron chi connectivity index (χ2n) is 7.92. The maximum atomic E-state index is 12.4. The summed E-state index contributed by atoms with van der Waals surface area (Å²) < 4.78 is 0. The Hall–Kier alpha value is -1.68. The maximum absolute atomic E-state index is 12.4. The number of ketones is 1. The van der Waals surface area contributed by atoms with Gasteiger partial charge in [0.25, 0.3) is 0 Å².